The van der Waals surface area contributed by atoms with Crippen LogP contribution in [0.15, 0.2) is 47.4 Å². The smallest absolute Gasteiger partial charge is 0.319 e. The predicted molar refractivity (Wildman–Crippen MR) is 164 cm³/mol. The van der Waals surface area contributed by atoms with Crippen molar-refractivity contribution in [3.05, 3.63) is 48.0 Å². The number of sulfonamides is 1. The number of hydrogen-bond acceptors (Lipinski definition) is 7. The van der Waals surface area contributed by atoms with Crippen LogP contribution in [0.2, 0.25) is 0 Å². The highest BCUT2D eigenvalue weighted by atomic mass is 32.2. The second kappa shape index (κ2) is 14.4. The monoisotopic (exact) mass is 616 g/mol. The lowest BCUT2D eigenvalue weighted by molar-refractivity contribution is -0.134. The minimum atomic E-state index is -3.85. The number of nitrogens with zero attached hydrogens (tertiary/aromatic N) is 2. The van der Waals surface area contributed by atoms with Crippen molar-refractivity contribution >= 4 is 27.6 Å². The van der Waals surface area contributed by atoms with Gasteiger partial charge in [0.15, 0.2) is 0 Å². The molecule has 4 rings (SSSR count). The number of rotatable bonds is 9. The second-order valence-electron chi connectivity index (χ2n) is 11.6. The SMILES string of the molecule is COc1ccc(S(=O)(=O)N(C)C[C@@H]2Oc3ccc(NC(=O)NC4CCCCC4)cc3CC(=O)N([C@H](C)CO)C[C@@H]2C)cc1. The molecule has 3 amide bonds. The quantitative estimate of drug-likeness (QED) is 0.391. The van der Waals surface area contributed by atoms with Gasteiger partial charge in [-0.15, -0.1) is 0 Å². The molecule has 0 aromatic heterocycles. The molecule has 0 spiro atoms. The van der Waals surface area contributed by atoms with Gasteiger partial charge in [-0.25, -0.2) is 13.2 Å². The summed E-state index contributed by atoms with van der Waals surface area (Å²) in [6, 6.07) is 10.7. The molecule has 1 aliphatic heterocycles. The van der Waals surface area contributed by atoms with Crippen molar-refractivity contribution < 1.29 is 32.6 Å². The van der Waals surface area contributed by atoms with E-state index >= 15 is 0 Å². The lowest BCUT2D eigenvalue weighted by atomic mass is 9.96. The first-order valence-corrected chi connectivity index (χ1v) is 16.3. The number of aliphatic hydroxyl groups excluding tert-OH is 1. The van der Waals surface area contributed by atoms with Crippen LogP contribution in [-0.2, 0) is 21.2 Å². The van der Waals surface area contributed by atoms with Crippen LogP contribution in [0.3, 0.4) is 0 Å². The minimum Gasteiger partial charge on any atom is -0.497 e. The molecule has 1 saturated carbocycles. The van der Waals surface area contributed by atoms with Crippen molar-refractivity contribution in [1.82, 2.24) is 14.5 Å². The Kier molecular flexibility index (Phi) is 10.9. The van der Waals surface area contributed by atoms with Crippen LogP contribution in [0.5, 0.6) is 11.5 Å². The zero-order valence-electron chi connectivity index (χ0n) is 25.4. The molecular formula is C31H44N4O7S. The number of anilines is 1. The molecule has 11 nitrogen and oxygen atoms in total. The number of carbonyl (C=O) groups excluding carboxylic acids is 2. The van der Waals surface area contributed by atoms with E-state index in [2.05, 4.69) is 10.6 Å². The van der Waals surface area contributed by atoms with Gasteiger partial charge >= 0.3 is 6.03 Å². The van der Waals surface area contributed by atoms with E-state index < -0.39 is 22.2 Å². The third-order valence-electron chi connectivity index (χ3n) is 8.32. The largest absolute Gasteiger partial charge is 0.497 e. The van der Waals surface area contributed by atoms with Crippen LogP contribution < -0.4 is 20.1 Å². The van der Waals surface area contributed by atoms with Crippen LogP contribution in [0.1, 0.15) is 51.5 Å². The summed E-state index contributed by atoms with van der Waals surface area (Å²) in [4.78, 5) is 27.9. The summed E-state index contributed by atoms with van der Waals surface area (Å²) in [7, 11) is -0.835. The molecule has 12 heteroatoms. The summed E-state index contributed by atoms with van der Waals surface area (Å²) in [5.41, 5.74) is 1.09. The number of urea groups is 1. The molecule has 2 aliphatic rings. The van der Waals surface area contributed by atoms with Crippen LogP contribution in [0.4, 0.5) is 10.5 Å². The van der Waals surface area contributed by atoms with E-state index in [1.807, 2.05) is 6.92 Å². The van der Waals surface area contributed by atoms with Crippen LogP contribution >= 0.6 is 0 Å². The average Bonchev–Trinajstić information content (AvgIpc) is 3.04. The predicted octanol–water partition coefficient (Wildman–Crippen LogP) is 3.62. The molecule has 236 valence electrons. The maximum Gasteiger partial charge on any atom is 0.319 e. The summed E-state index contributed by atoms with van der Waals surface area (Å²) in [6.07, 6.45) is 4.68. The molecule has 1 fully saturated rings. The highest BCUT2D eigenvalue weighted by molar-refractivity contribution is 7.89. The Morgan fingerprint density at radius 1 is 1.16 bits per heavy atom. The molecule has 2 aromatic rings. The summed E-state index contributed by atoms with van der Waals surface area (Å²) in [5.74, 6) is 0.519. The third-order valence-corrected chi connectivity index (χ3v) is 10.2. The number of benzene rings is 2. The zero-order valence-corrected chi connectivity index (χ0v) is 26.2. The van der Waals surface area contributed by atoms with Crippen molar-refractivity contribution in [3.8, 4) is 11.5 Å². The molecule has 0 radical (unpaired) electrons. The molecule has 3 N–H and O–H groups in total. The highest BCUT2D eigenvalue weighted by Gasteiger charge is 2.33. The first-order chi connectivity index (χ1) is 20.5. The second-order valence-corrected chi connectivity index (χ2v) is 13.6. The number of nitrogens with one attached hydrogen (secondary N) is 2. The summed E-state index contributed by atoms with van der Waals surface area (Å²) in [5, 5.41) is 15.8. The van der Waals surface area contributed by atoms with Gasteiger partial charge in [-0.3, -0.25) is 4.79 Å². The van der Waals surface area contributed by atoms with Crippen LogP contribution in [0, 0.1) is 5.92 Å². The molecule has 0 bridgehead atoms. The van der Waals surface area contributed by atoms with E-state index in [4.69, 9.17) is 9.47 Å². The van der Waals surface area contributed by atoms with Crippen molar-refractivity contribution in [1.29, 1.82) is 0 Å². The number of carbonyl (C=O) groups is 2. The Bertz CT molecular complexity index is 1360. The maximum absolute atomic E-state index is 13.5. The van der Waals surface area contributed by atoms with Crippen molar-refractivity contribution in [2.24, 2.45) is 5.92 Å². The van der Waals surface area contributed by atoms with Gasteiger partial charge in [-0.2, -0.15) is 4.31 Å². The summed E-state index contributed by atoms with van der Waals surface area (Å²) in [6.45, 7) is 3.75. The normalized spacial score (nSPS) is 20.7. The van der Waals surface area contributed by atoms with Gasteiger partial charge in [0, 0.05) is 36.8 Å². The summed E-state index contributed by atoms with van der Waals surface area (Å²) < 4.78 is 39.7. The lowest BCUT2D eigenvalue weighted by Crippen LogP contribution is -2.48. The van der Waals surface area contributed by atoms with Crippen molar-refractivity contribution in [2.45, 2.75) is 75.5 Å². The van der Waals surface area contributed by atoms with Crippen molar-refractivity contribution in [2.75, 3.05) is 39.2 Å². The average molecular weight is 617 g/mol. The van der Waals surface area contributed by atoms with E-state index in [1.54, 1.807) is 42.2 Å². The number of likely N-dealkylation sites (N-methyl/N-ethyl adjacent to an activating group) is 1. The van der Waals surface area contributed by atoms with Gasteiger partial charge < -0.3 is 30.1 Å². The van der Waals surface area contributed by atoms with E-state index in [9.17, 15) is 23.1 Å². The molecular weight excluding hydrogens is 572 g/mol. The van der Waals surface area contributed by atoms with Gasteiger partial charge in [-0.1, -0.05) is 26.2 Å². The van der Waals surface area contributed by atoms with E-state index in [0.29, 0.717) is 22.7 Å². The molecule has 1 heterocycles. The van der Waals surface area contributed by atoms with Crippen LogP contribution in [0.25, 0.3) is 0 Å². The Hall–Kier alpha value is -3.35. The number of hydrogen-bond donors (Lipinski definition) is 3. The van der Waals surface area contributed by atoms with Gasteiger partial charge in [0.2, 0.25) is 15.9 Å². The van der Waals surface area contributed by atoms with Gasteiger partial charge in [0.05, 0.1) is 37.6 Å². The first-order valence-electron chi connectivity index (χ1n) is 14.9. The molecule has 3 atom stereocenters. The first kappa shape index (κ1) is 32.6. The van der Waals surface area contributed by atoms with E-state index in [0.717, 1.165) is 25.7 Å². The molecule has 43 heavy (non-hydrogen) atoms. The van der Waals surface area contributed by atoms with E-state index in [1.165, 1.54) is 37.0 Å². The molecule has 0 unspecified atom stereocenters. The number of ether oxygens (including phenoxy) is 2. The highest BCUT2D eigenvalue weighted by Crippen LogP contribution is 2.30. The standard InChI is InChI=1S/C31H44N4O7S/c1-21-18-35(22(2)20-36)30(37)17-23-16-25(33-31(38)32-24-8-6-5-7-9-24)10-15-28(23)42-29(21)19-34(3)43(39,40)27-13-11-26(41-4)12-14-27/h10-16,21-22,24,29,36H,5-9,17-20H2,1-4H3,(H2,32,33,38)/t21-,22+,29-/m0/s1. The van der Waals surface area contributed by atoms with Gasteiger partial charge in [-0.05, 0) is 62.2 Å². The van der Waals surface area contributed by atoms with E-state index in [-0.39, 0.29) is 54.9 Å². The molecule has 0 saturated heterocycles. The number of fused-ring (bicyclic) bond motifs is 1. The fourth-order valence-corrected chi connectivity index (χ4v) is 6.79. The van der Waals surface area contributed by atoms with Gasteiger partial charge in [0.25, 0.3) is 0 Å². The number of aliphatic hydroxyl groups is 1. The lowest BCUT2D eigenvalue weighted by Gasteiger charge is -2.33. The van der Waals surface area contributed by atoms with Crippen molar-refractivity contribution in [3.63, 3.8) is 0 Å². The fraction of sp³-hybridized carbons (Fsp3) is 0.548. The Labute approximate surface area is 254 Å². The minimum absolute atomic E-state index is 0.00113. The number of amides is 3. The van der Waals surface area contributed by atoms with Gasteiger partial charge in [0.1, 0.15) is 17.6 Å². The zero-order chi connectivity index (χ0) is 31.1. The Balaban J connectivity index is 1.59. The topological polar surface area (TPSA) is 138 Å². The number of methoxy groups -OCH3 is 1. The maximum atomic E-state index is 13.5. The Morgan fingerprint density at radius 2 is 1.86 bits per heavy atom. The summed E-state index contributed by atoms with van der Waals surface area (Å²) >= 11 is 0. The fourth-order valence-electron chi connectivity index (χ4n) is 5.60. The Morgan fingerprint density at radius 3 is 2.51 bits per heavy atom. The third kappa shape index (κ3) is 8.18. The van der Waals surface area contributed by atoms with Crippen LogP contribution in [-0.4, -0.2) is 86.7 Å². The molecule has 2 aromatic carbocycles. The molecule has 1 aliphatic carbocycles.